The Morgan fingerprint density at radius 2 is 0.717 bits per heavy atom. The Balaban J connectivity index is 1.50. The highest BCUT2D eigenvalue weighted by Crippen LogP contribution is 2.45. The monoisotopic (exact) mass is 727 g/mol. The van der Waals surface area contributed by atoms with Crippen LogP contribution < -0.4 is 0 Å². The summed E-state index contributed by atoms with van der Waals surface area (Å²) in [6.45, 7) is 9.36. The molecule has 2 aromatic rings. The van der Waals surface area contributed by atoms with Gasteiger partial charge in [0.05, 0.1) is 0 Å². The maximum Gasteiger partial charge on any atom is 0.123 e. The lowest BCUT2D eigenvalue weighted by Gasteiger charge is -2.51. The first-order valence-corrected chi connectivity index (χ1v) is 23.6. The van der Waals surface area contributed by atoms with Crippen LogP contribution in [0.15, 0.2) is 73.1 Å². The molecule has 0 spiro atoms. The minimum absolute atomic E-state index is 0.0649. The van der Waals surface area contributed by atoms with Gasteiger partial charge >= 0.3 is 0 Å². The van der Waals surface area contributed by atoms with Crippen molar-refractivity contribution in [2.24, 2.45) is 0 Å². The SMILES string of the molecule is CCCCCCCCCCCCCCCCCN1C=CN(CCCCCCCCCCCCCCC)C1(Cc1ccccc1)C(CC)c1ccccc1. The third kappa shape index (κ3) is 17.9. The third-order valence-corrected chi connectivity index (χ3v) is 12.4. The molecule has 0 radical (unpaired) electrons. The van der Waals surface area contributed by atoms with E-state index in [-0.39, 0.29) is 5.66 Å². The maximum atomic E-state index is 2.80. The number of nitrogens with zero attached hydrogens (tertiary/aromatic N) is 2. The first-order chi connectivity index (χ1) is 26.3. The van der Waals surface area contributed by atoms with Gasteiger partial charge in [0.25, 0.3) is 0 Å². The van der Waals surface area contributed by atoms with Gasteiger partial charge in [-0.3, -0.25) is 0 Å². The average Bonchev–Trinajstić information content (AvgIpc) is 3.52. The average molecular weight is 727 g/mol. The number of hydrogen-bond donors (Lipinski definition) is 0. The van der Waals surface area contributed by atoms with Gasteiger partial charge in [0.1, 0.15) is 5.66 Å². The van der Waals surface area contributed by atoms with Crippen LogP contribution in [-0.4, -0.2) is 28.6 Å². The van der Waals surface area contributed by atoms with Gasteiger partial charge in [0, 0.05) is 37.8 Å². The minimum atomic E-state index is -0.0649. The standard InChI is InChI=1S/C51H86N2/c1-4-7-9-11-13-15-17-19-20-22-24-26-28-30-38-44-53-46-45-52(43-37-29-27-25-23-21-18-16-14-12-10-8-5-2)51(53,47-48-39-33-31-34-40-48)50(6-3)49-41-35-32-36-42-49/h31-36,39-42,45-46,50H,4-30,37-38,43-44,47H2,1-3H3. The lowest BCUT2D eigenvalue weighted by atomic mass is 9.78. The van der Waals surface area contributed by atoms with Crippen molar-refractivity contribution in [3.05, 3.63) is 84.2 Å². The molecule has 0 aromatic heterocycles. The summed E-state index contributed by atoms with van der Waals surface area (Å²) in [5, 5.41) is 0. The zero-order valence-corrected chi connectivity index (χ0v) is 35.5. The van der Waals surface area contributed by atoms with E-state index in [4.69, 9.17) is 0 Å². The van der Waals surface area contributed by atoms with E-state index in [2.05, 4.69) is 104 Å². The highest BCUT2D eigenvalue weighted by molar-refractivity contribution is 5.30. The van der Waals surface area contributed by atoms with Crippen LogP contribution in [0.3, 0.4) is 0 Å². The van der Waals surface area contributed by atoms with E-state index in [9.17, 15) is 0 Å². The molecule has 300 valence electrons. The Morgan fingerprint density at radius 3 is 1.06 bits per heavy atom. The minimum Gasteiger partial charge on any atom is -0.353 e. The molecule has 3 rings (SSSR count). The van der Waals surface area contributed by atoms with Crippen molar-refractivity contribution in [2.45, 2.75) is 225 Å². The predicted octanol–water partition coefficient (Wildman–Crippen LogP) is 16.2. The summed E-state index contributed by atoms with van der Waals surface area (Å²) in [5.74, 6) is 0.442. The molecule has 0 bridgehead atoms. The Kier molecular flexibility index (Phi) is 25.6. The highest BCUT2D eigenvalue weighted by atomic mass is 15.4. The smallest absolute Gasteiger partial charge is 0.123 e. The van der Waals surface area contributed by atoms with Crippen molar-refractivity contribution in [1.29, 1.82) is 0 Å². The second-order valence-corrected chi connectivity index (χ2v) is 16.8. The van der Waals surface area contributed by atoms with Crippen LogP contribution in [-0.2, 0) is 6.42 Å². The zero-order valence-electron chi connectivity index (χ0n) is 35.5. The van der Waals surface area contributed by atoms with Crippen LogP contribution in [0.4, 0.5) is 0 Å². The molecule has 2 heteroatoms. The fourth-order valence-electron chi connectivity index (χ4n) is 9.21. The molecule has 1 aliphatic heterocycles. The Labute approximate surface area is 331 Å². The lowest BCUT2D eigenvalue weighted by molar-refractivity contribution is -0.00378. The van der Waals surface area contributed by atoms with Gasteiger partial charge in [-0.25, -0.2) is 0 Å². The van der Waals surface area contributed by atoms with E-state index < -0.39 is 0 Å². The number of benzene rings is 2. The van der Waals surface area contributed by atoms with Gasteiger partial charge in [-0.1, -0.05) is 248 Å². The van der Waals surface area contributed by atoms with Gasteiger partial charge in [-0.05, 0) is 30.4 Å². The van der Waals surface area contributed by atoms with E-state index in [1.807, 2.05) is 0 Å². The summed E-state index contributed by atoms with van der Waals surface area (Å²) in [7, 11) is 0. The lowest BCUT2D eigenvalue weighted by Crippen LogP contribution is -2.59. The molecular formula is C51H86N2. The van der Waals surface area contributed by atoms with Crippen LogP contribution in [0.2, 0.25) is 0 Å². The zero-order chi connectivity index (χ0) is 37.5. The molecule has 0 aliphatic carbocycles. The normalized spacial score (nSPS) is 16.2. The van der Waals surface area contributed by atoms with Crippen molar-refractivity contribution < 1.29 is 0 Å². The van der Waals surface area contributed by atoms with Gasteiger partial charge < -0.3 is 9.80 Å². The molecular weight excluding hydrogens is 641 g/mol. The van der Waals surface area contributed by atoms with Crippen molar-refractivity contribution >= 4 is 0 Å². The quantitative estimate of drug-likeness (QED) is 0.0653. The fourth-order valence-corrected chi connectivity index (χ4v) is 9.21. The topological polar surface area (TPSA) is 6.48 Å². The molecule has 0 saturated heterocycles. The largest absolute Gasteiger partial charge is 0.353 e. The van der Waals surface area contributed by atoms with Gasteiger partial charge in [-0.2, -0.15) is 0 Å². The maximum absolute atomic E-state index is 2.80. The molecule has 0 fully saturated rings. The summed E-state index contributed by atoms with van der Waals surface area (Å²) >= 11 is 0. The van der Waals surface area contributed by atoms with Crippen LogP contribution in [0.5, 0.6) is 0 Å². The van der Waals surface area contributed by atoms with Crippen molar-refractivity contribution in [1.82, 2.24) is 9.80 Å². The molecule has 1 heterocycles. The number of hydrogen-bond acceptors (Lipinski definition) is 2. The summed E-state index contributed by atoms with van der Waals surface area (Å²) in [6.07, 6.45) is 46.7. The Bertz CT molecular complexity index is 1110. The van der Waals surface area contributed by atoms with E-state index in [1.54, 1.807) is 0 Å². The third-order valence-electron chi connectivity index (χ3n) is 12.4. The van der Waals surface area contributed by atoms with Gasteiger partial charge in [0.15, 0.2) is 0 Å². The van der Waals surface area contributed by atoms with Crippen molar-refractivity contribution in [3.63, 3.8) is 0 Å². The first kappa shape index (κ1) is 45.2. The molecule has 2 atom stereocenters. The Morgan fingerprint density at radius 1 is 0.396 bits per heavy atom. The number of unbranched alkanes of at least 4 members (excludes halogenated alkanes) is 26. The van der Waals surface area contributed by atoms with Crippen molar-refractivity contribution in [3.8, 4) is 0 Å². The van der Waals surface area contributed by atoms with Crippen molar-refractivity contribution in [2.75, 3.05) is 13.1 Å². The molecule has 2 aromatic carbocycles. The van der Waals surface area contributed by atoms with E-state index in [0.29, 0.717) is 5.92 Å². The molecule has 2 unspecified atom stereocenters. The summed E-state index contributed by atoms with van der Waals surface area (Å²) in [4.78, 5) is 5.59. The van der Waals surface area contributed by atoms with E-state index in [1.165, 1.54) is 191 Å². The van der Waals surface area contributed by atoms with Crippen LogP contribution in [0, 0.1) is 0 Å². The molecule has 1 aliphatic rings. The summed E-state index contributed by atoms with van der Waals surface area (Å²) < 4.78 is 0. The predicted molar refractivity (Wildman–Crippen MR) is 236 cm³/mol. The second kappa shape index (κ2) is 30.1. The van der Waals surface area contributed by atoms with E-state index in [0.717, 1.165) is 25.9 Å². The number of rotatable bonds is 35. The van der Waals surface area contributed by atoms with Crippen LogP contribution in [0.25, 0.3) is 0 Å². The molecule has 0 saturated carbocycles. The van der Waals surface area contributed by atoms with Gasteiger partial charge in [0.2, 0.25) is 0 Å². The highest BCUT2D eigenvalue weighted by Gasteiger charge is 2.49. The fraction of sp³-hybridized carbons (Fsp3) is 0.725. The van der Waals surface area contributed by atoms with Crippen LogP contribution in [0.1, 0.15) is 224 Å². The molecule has 53 heavy (non-hydrogen) atoms. The summed E-state index contributed by atoms with van der Waals surface area (Å²) in [5.41, 5.74) is 2.89. The summed E-state index contributed by atoms with van der Waals surface area (Å²) in [6, 6.07) is 22.9. The molecule has 0 amide bonds. The van der Waals surface area contributed by atoms with Crippen LogP contribution >= 0.6 is 0 Å². The molecule has 2 nitrogen and oxygen atoms in total. The first-order valence-electron chi connectivity index (χ1n) is 23.6. The van der Waals surface area contributed by atoms with E-state index >= 15 is 0 Å². The molecule has 0 N–H and O–H groups in total. The second-order valence-electron chi connectivity index (χ2n) is 16.8. The Hall–Kier alpha value is -2.22. The van der Waals surface area contributed by atoms with Gasteiger partial charge in [-0.15, -0.1) is 0 Å².